The molecule has 1 aromatic carbocycles. The summed E-state index contributed by atoms with van der Waals surface area (Å²) >= 11 is 0. The molecule has 2 rings (SSSR count). The zero-order valence-corrected chi connectivity index (χ0v) is 11.6. The normalized spacial score (nSPS) is 18.0. The lowest BCUT2D eigenvalue weighted by Crippen LogP contribution is -2.52. The highest BCUT2D eigenvalue weighted by Gasteiger charge is 2.26. The van der Waals surface area contributed by atoms with Crippen LogP contribution in [0.4, 0.5) is 5.69 Å². The Hall–Kier alpha value is -2.41. The maximum atomic E-state index is 11.8. The van der Waals surface area contributed by atoms with E-state index in [1.54, 1.807) is 31.4 Å². The number of amides is 3. The molecule has 1 heterocycles. The van der Waals surface area contributed by atoms with Crippen LogP contribution in [-0.4, -0.2) is 37.4 Å². The number of anilines is 1. The molecular weight excluding hydrogens is 274 g/mol. The number of carbonyl (C=O) groups is 3. The average molecular weight is 291 g/mol. The Balaban J connectivity index is 1.82. The third-order valence-electron chi connectivity index (χ3n) is 3.10. The molecule has 0 bridgehead atoms. The summed E-state index contributed by atoms with van der Waals surface area (Å²) in [6.45, 7) is -0.0104. The van der Waals surface area contributed by atoms with E-state index in [9.17, 15) is 14.4 Å². The maximum absolute atomic E-state index is 11.8. The fourth-order valence-corrected chi connectivity index (χ4v) is 2.01. The number of hydrogen-bond donors (Lipinski definition) is 3. The predicted octanol–water partition coefficient (Wildman–Crippen LogP) is 0.0285. The van der Waals surface area contributed by atoms with Crippen molar-refractivity contribution in [2.24, 2.45) is 0 Å². The lowest BCUT2D eigenvalue weighted by atomic mass is 10.1. The Kier molecular flexibility index (Phi) is 4.89. The Morgan fingerprint density at radius 1 is 1.43 bits per heavy atom. The van der Waals surface area contributed by atoms with E-state index in [0.29, 0.717) is 17.9 Å². The summed E-state index contributed by atoms with van der Waals surface area (Å²) in [6.07, 6.45) is 0.679. The van der Waals surface area contributed by atoms with Crippen molar-refractivity contribution in [1.29, 1.82) is 0 Å². The number of nitrogens with one attached hydrogen (secondary N) is 3. The minimum atomic E-state index is -0.515. The zero-order chi connectivity index (χ0) is 15.2. The molecule has 0 spiro atoms. The quantitative estimate of drug-likeness (QED) is 0.665. The van der Waals surface area contributed by atoms with E-state index in [0.717, 1.165) is 0 Å². The maximum Gasteiger partial charge on any atom is 0.243 e. The highest BCUT2D eigenvalue weighted by atomic mass is 16.5. The molecule has 1 aromatic rings. The van der Waals surface area contributed by atoms with E-state index in [1.165, 1.54) is 0 Å². The molecule has 0 saturated carbocycles. The molecule has 1 aliphatic heterocycles. The molecule has 1 fully saturated rings. The number of imide groups is 1. The second-order valence-electron chi connectivity index (χ2n) is 4.66. The van der Waals surface area contributed by atoms with E-state index in [4.69, 9.17) is 4.74 Å². The van der Waals surface area contributed by atoms with Gasteiger partial charge in [0.1, 0.15) is 5.75 Å². The van der Waals surface area contributed by atoms with E-state index < -0.39 is 6.04 Å². The summed E-state index contributed by atoms with van der Waals surface area (Å²) in [5, 5.41) is 7.76. The van der Waals surface area contributed by atoms with Crippen molar-refractivity contribution in [2.75, 3.05) is 19.0 Å². The van der Waals surface area contributed by atoms with Crippen LogP contribution in [0, 0.1) is 0 Å². The second kappa shape index (κ2) is 6.85. The van der Waals surface area contributed by atoms with Gasteiger partial charge in [-0.25, -0.2) is 0 Å². The Morgan fingerprint density at radius 2 is 2.24 bits per heavy atom. The monoisotopic (exact) mass is 291 g/mol. The van der Waals surface area contributed by atoms with Crippen molar-refractivity contribution in [3.8, 4) is 5.75 Å². The molecule has 21 heavy (non-hydrogen) atoms. The summed E-state index contributed by atoms with van der Waals surface area (Å²) < 4.78 is 5.06. The van der Waals surface area contributed by atoms with Gasteiger partial charge in [-0.05, 0) is 18.6 Å². The Labute approximate surface area is 122 Å². The van der Waals surface area contributed by atoms with Gasteiger partial charge >= 0.3 is 0 Å². The van der Waals surface area contributed by atoms with Gasteiger partial charge in [-0.2, -0.15) is 0 Å². The van der Waals surface area contributed by atoms with Crippen molar-refractivity contribution < 1.29 is 19.1 Å². The van der Waals surface area contributed by atoms with Crippen LogP contribution in [0.3, 0.4) is 0 Å². The van der Waals surface area contributed by atoms with Crippen LogP contribution in [0.2, 0.25) is 0 Å². The first-order chi connectivity index (χ1) is 10.1. The van der Waals surface area contributed by atoms with Crippen LogP contribution < -0.4 is 20.7 Å². The molecule has 0 aromatic heterocycles. The van der Waals surface area contributed by atoms with E-state index in [2.05, 4.69) is 16.0 Å². The van der Waals surface area contributed by atoms with Gasteiger partial charge in [0.15, 0.2) is 0 Å². The highest BCUT2D eigenvalue weighted by molar-refractivity contribution is 6.00. The summed E-state index contributed by atoms with van der Waals surface area (Å²) in [4.78, 5) is 34.3. The fourth-order valence-electron chi connectivity index (χ4n) is 2.01. The van der Waals surface area contributed by atoms with Crippen LogP contribution >= 0.6 is 0 Å². The zero-order valence-electron chi connectivity index (χ0n) is 11.6. The predicted molar refractivity (Wildman–Crippen MR) is 75.8 cm³/mol. The minimum absolute atomic E-state index is 0.0104. The molecular formula is C14H17N3O4. The van der Waals surface area contributed by atoms with Crippen molar-refractivity contribution in [2.45, 2.75) is 18.9 Å². The third-order valence-corrected chi connectivity index (χ3v) is 3.10. The topological polar surface area (TPSA) is 96.5 Å². The van der Waals surface area contributed by atoms with Gasteiger partial charge in [0.2, 0.25) is 17.7 Å². The van der Waals surface area contributed by atoms with Crippen LogP contribution in [0.25, 0.3) is 0 Å². The van der Waals surface area contributed by atoms with Gasteiger partial charge < -0.3 is 10.1 Å². The van der Waals surface area contributed by atoms with Gasteiger partial charge in [0.25, 0.3) is 0 Å². The molecule has 7 nitrogen and oxygen atoms in total. The van der Waals surface area contributed by atoms with Gasteiger partial charge in [-0.1, -0.05) is 6.07 Å². The summed E-state index contributed by atoms with van der Waals surface area (Å²) in [6, 6.07) is 6.47. The van der Waals surface area contributed by atoms with Crippen LogP contribution in [0.1, 0.15) is 12.8 Å². The van der Waals surface area contributed by atoms with Gasteiger partial charge in [0.05, 0.1) is 19.7 Å². The molecule has 1 unspecified atom stereocenters. The van der Waals surface area contributed by atoms with Crippen molar-refractivity contribution in [1.82, 2.24) is 10.6 Å². The van der Waals surface area contributed by atoms with Crippen LogP contribution in [0.5, 0.6) is 5.75 Å². The number of ether oxygens (including phenoxy) is 1. The number of rotatable bonds is 5. The number of hydrogen-bond acceptors (Lipinski definition) is 5. The van der Waals surface area contributed by atoms with Crippen molar-refractivity contribution >= 4 is 23.4 Å². The highest BCUT2D eigenvalue weighted by Crippen LogP contribution is 2.16. The van der Waals surface area contributed by atoms with Gasteiger partial charge in [0, 0.05) is 18.2 Å². The van der Waals surface area contributed by atoms with Crippen molar-refractivity contribution in [3.05, 3.63) is 24.3 Å². The fraction of sp³-hybridized carbons (Fsp3) is 0.357. The van der Waals surface area contributed by atoms with E-state index >= 15 is 0 Å². The molecule has 1 aliphatic rings. The first-order valence-electron chi connectivity index (χ1n) is 6.59. The first-order valence-corrected chi connectivity index (χ1v) is 6.59. The minimum Gasteiger partial charge on any atom is -0.497 e. The number of piperidine rings is 1. The van der Waals surface area contributed by atoms with Crippen molar-refractivity contribution in [3.63, 3.8) is 0 Å². The third kappa shape index (κ3) is 4.28. The lowest BCUT2D eigenvalue weighted by molar-refractivity contribution is -0.134. The van der Waals surface area contributed by atoms with E-state index in [1.807, 2.05) is 0 Å². The summed E-state index contributed by atoms with van der Waals surface area (Å²) in [5.41, 5.74) is 0.615. The summed E-state index contributed by atoms with van der Waals surface area (Å²) in [5.74, 6) is -0.293. The van der Waals surface area contributed by atoms with Gasteiger partial charge in [-0.15, -0.1) is 0 Å². The second-order valence-corrected chi connectivity index (χ2v) is 4.66. The number of methoxy groups -OCH3 is 1. The average Bonchev–Trinajstić information content (AvgIpc) is 2.46. The largest absolute Gasteiger partial charge is 0.497 e. The first kappa shape index (κ1) is 15.0. The smallest absolute Gasteiger partial charge is 0.243 e. The standard InChI is InChI=1S/C14H17N3O4/c1-21-10-4-2-3-9(7-10)16-13(19)8-15-11-5-6-12(18)17-14(11)20/h2-4,7,11,15H,5-6,8H2,1H3,(H,16,19)(H,17,18,20). The molecule has 7 heteroatoms. The summed E-state index contributed by atoms with van der Waals surface area (Å²) in [7, 11) is 1.55. The number of benzene rings is 1. The van der Waals surface area contributed by atoms with Gasteiger partial charge in [-0.3, -0.25) is 25.0 Å². The van der Waals surface area contributed by atoms with E-state index in [-0.39, 0.29) is 30.7 Å². The molecule has 0 radical (unpaired) electrons. The molecule has 3 amide bonds. The molecule has 112 valence electrons. The van der Waals surface area contributed by atoms with Crippen LogP contribution in [-0.2, 0) is 14.4 Å². The Morgan fingerprint density at radius 3 is 2.95 bits per heavy atom. The molecule has 1 atom stereocenters. The molecule has 3 N–H and O–H groups in total. The Bertz CT molecular complexity index is 559. The lowest BCUT2D eigenvalue weighted by Gasteiger charge is -2.21. The number of carbonyl (C=O) groups excluding carboxylic acids is 3. The van der Waals surface area contributed by atoms with Crippen LogP contribution in [0.15, 0.2) is 24.3 Å². The SMILES string of the molecule is COc1cccc(NC(=O)CNC2CCC(=O)NC2=O)c1. The molecule has 0 aliphatic carbocycles. The molecule has 1 saturated heterocycles.